The molecule has 0 spiro atoms. The van der Waals surface area contributed by atoms with E-state index in [-0.39, 0.29) is 17.6 Å². The van der Waals surface area contributed by atoms with Gasteiger partial charge >= 0.3 is 0 Å². The fourth-order valence-electron chi connectivity index (χ4n) is 3.41. The van der Waals surface area contributed by atoms with Crippen LogP contribution in [-0.4, -0.2) is 18.4 Å². The first-order chi connectivity index (χ1) is 14.0. The molecule has 0 aromatic heterocycles. The largest absolute Gasteiger partial charge is 0.348 e. The van der Waals surface area contributed by atoms with Crippen LogP contribution in [0.3, 0.4) is 0 Å². The minimum absolute atomic E-state index is 0.133. The molecule has 0 bridgehead atoms. The first kappa shape index (κ1) is 19.3. The molecule has 0 unspecified atom stereocenters. The van der Waals surface area contributed by atoms with Crippen molar-refractivity contribution in [3.8, 4) is 0 Å². The third-order valence-corrected chi connectivity index (χ3v) is 5.46. The van der Waals surface area contributed by atoms with Gasteiger partial charge in [-0.05, 0) is 72.1 Å². The molecular weight excluding hydrogens is 435 g/mol. The molecule has 3 aromatic carbocycles. The highest BCUT2D eigenvalue weighted by molar-refractivity contribution is 9.10. The fraction of sp³-hybridized carbons (Fsp3) is 0.130. The van der Waals surface area contributed by atoms with E-state index in [0.29, 0.717) is 24.2 Å². The first-order valence-electron chi connectivity index (χ1n) is 9.24. The van der Waals surface area contributed by atoms with Crippen molar-refractivity contribution in [2.45, 2.75) is 13.0 Å². The Morgan fingerprint density at radius 2 is 1.66 bits per heavy atom. The second-order valence-corrected chi connectivity index (χ2v) is 7.78. The highest BCUT2D eigenvalue weighted by atomic mass is 79.9. The van der Waals surface area contributed by atoms with Crippen molar-refractivity contribution in [3.63, 3.8) is 0 Å². The third-order valence-electron chi connectivity index (χ3n) is 4.94. The monoisotopic (exact) mass is 452 g/mol. The Morgan fingerprint density at radius 1 is 0.966 bits per heavy atom. The van der Waals surface area contributed by atoms with Gasteiger partial charge in [-0.1, -0.05) is 28.1 Å². The van der Waals surface area contributed by atoms with E-state index >= 15 is 0 Å². The summed E-state index contributed by atoms with van der Waals surface area (Å²) in [6.45, 7) is 0.994. The standard InChI is InChI=1S/C23H18BrFN2O2/c24-19-6-2-16(3-7-19)22(28)26-14-15-1-10-21-18(13-15)11-12-27(21)23(29)17-4-8-20(25)9-5-17/h1-10,13H,11-12,14H2,(H,26,28). The maximum absolute atomic E-state index is 13.1. The Kier molecular flexibility index (Phi) is 5.45. The van der Waals surface area contributed by atoms with Crippen LogP contribution in [0.25, 0.3) is 0 Å². The van der Waals surface area contributed by atoms with Gasteiger partial charge in [-0.15, -0.1) is 0 Å². The van der Waals surface area contributed by atoms with E-state index in [9.17, 15) is 14.0 Å². The number of carbonyl (C=O) groups is 2. The summed E-state index contributed by atoms with van der Waals surface area (Å²) in [5, 5.41) is 2.92. The maximum Gasteiger partial charge on any atom is 0.258 e. The Hall–Kier alpha value is -2.99. The molecule has 2 amide bonds. The number of nitrogens with zero attached hydrogens (tertiary/aromatic N) is 1. The average Bonchev–Trinajstić information content (AvgIpc) is 3.16. The smallest absolute Gasteiger partial charge is 0.258 e. The van der Waals surface area contributed by atoms with Gasteiger partial charge in [0, 0.05) is 34.4 Å². The van der Waals surface area contributed by atoms with Crippen LogP contribution in [0.1, 0.15) is 31.8 Å². The lowest BCUT2D eigenvalue weighted by Gasteiger charge is -2.18. The molecular formula is C23H18BrFN2O2. The number of fused-ring (bicyclic) bond motifs is 1. The minimum Gasteiger partial charge on any atom is -0.348 e. The summed E-state index contributed by atoms with van der Waals surface area (Å²) in [6.07, 6.45) is 0.747. The van der Waals surface area contributed by atoms with Crippen molar-refractivity contribution < 1.29 is 14.0 Å². The van der Waals surface area contributed by atoms with Gasteiger partial charge in [-0.2, -0.15) is 0 Å². The molecule has 29 heavy (non-hydrogen) atoms. The van der Waals surface area contributed by atoms with E-state index in [0.717, 1.165) is 27.7 Å². The lowest BCUT2D eigenvalue weighted by molar-refractivity contribution is 0.0949. The normalized spacial score (nSPS) is 12.6. The SMILES string of the molecule is O=C(NCc1ccc2c(c1)CCN2C(=O)c1ccc(F)cc1)c1ccc(Br)cc1. The minimum atomic E-state index is -0.363. The molecule has 0 saturated heterocycles. The molecule has 6 heteroatoms. The van der Waals surface area contributed by atoms with Gasteiger partial charge in [0.2, 0.25) is 0 Å². The molecule has 0 aliphatic carbocycles. The summed E-state index contributed by atoms with van der Waals surface area (Å²) in [7, 11) is 0. The third kappa shape index (κ3) is 4.22. The number of carbonyl (C=O) groups excluding carboxylic acids is 2. The van der Waals surface area contributed by atoms with Crippen LogP contribution in [0.4, 0.5) is 10.1 Å². The van der Waals surface area contributed by atoms with Crippen molar-refractivity contribution in [3.05, 3.63) is 99.3 Å². The summed E-state index contributed by atoms with van der Waals surface area (Å²) in [5.41, 5.74) is 3.97. The van der Waals surface area contributed by atoms with E-state index < -0.39 is 0 Å². The molecule has 0 fully saturated rings. The van der Waals surface area contributed by atoms with Crippen molar-refractivity contribution in [2.24, 2.45) is 0 Å². The van der Waals surface area contributed by atoms with E-state index in [1.165, 1.54) is 24.3 Å². The van der Waals surface area contributed by atoms with Crippen LogP contribution in [0, 0.1) is 5.82 Å². The van der Waals surface area contributed by atoms with Crippen LogP contribution >= 0.6 is 15.9 Å². The summed E-state index contributed by atoms with van der Waals surface area (Å²) < 4.78 is 14.0. The molecule has 4 nitrogen and oxygen atoms in total. The highest BCUT2D eigenvalue weighted by Gasteiger charge is 2.25. The second-order valence-electron chi connectivity index (χ2n) is 6.87. The molecule has 146 valence electrons. The zero-order valence-corrected chi connectivity index (χ0v) is 17.1. The topological polar surface area (TPSA) is 49.4 Å². The number of amides is 2. The van der Waals surface area contributed by atoms with Gasteiger partial charge in [0.1, 0.15) is 5.82 Å². The fourth-order valence-corrected chi connectivity index (χ4v) is 3.67. The summed E-state index contributed by atoms with van der Waals surface area (Å²) >= 11 is 3.36. The Labute approximate surface area is 176 Å². The Morgan fingerprint density at radius 3 is 2.38 bits per heavy atom. The summed E-state index contributed by atoms with van der Waals surface area (Å²) in [4.78, 5) is 26.7. The number of hydrogen-bond donors (Lipinski definition) is 1. The van der Waals surface area contributed by atoms with Crippen LogP contribution in [0.2, 0.25) is 0 Å². The highest BCUT2D eigenvalue weighted by Crippen LogP contribution is 2.30. The molecule has 3 aromatic rings. The van der Waals surface area contributed by atoms with E-state index in [2.05, 4.69) is 21.2 Å². The molecule has 4 rings (SSSR count). The summed E-state index contributed by atoms with van der Waals surface area (Å²) in [5.74, 6) is -0.635. The molecule has 0 radical (unpaired) electrons. The number of nitrogens with one attached hydrogen (secondary N) is 1. The average molecular weight is 453 g/mol. The zero-order chi connectivity index (χ0) is 20.4. The number of hydrogen-bond acceptors (Lipinski definition) is 2. The molecule has 0 saturated carbocycles. The summed E-state index contributed by atoms with van der Waals surface area (Å²) in [6, 6.07) is 18.6. The van der Waals surface area contributed by atoms with E-state index in [1.54, 1.807) is 17.0 Å². The van der Waals surface area contributed by atoms with Crippen molar-refractivity contribution in [1.82, 2.24) is 5.32 Å². The predicted octanol–water partition coefficient (Wildman–Crippen LogP) is 4.72. The molecule has 1 heterocycles. The second kappa shape index (κ2) is 8.17. The number of halogens is 2. The van der Waals surface area contributed by atoms with E-state index in [4.69, 9.17) is 0 Å². The molecule has 1 N–H and O–H groups in total. The molecule has 1 aliphatic heterocycles. The van der Waals surface area contributed by atoms with Gasteiger partial charge in [-0.25, -0.2) is 4.39 Å². The number of anilines is 1. The van der Waals surface area contributed by atoms with Crippen molar-refractivity contribution in [1.29, 1.82) is 0 Å². The van der Waals surface area contributed by atoms with Crippen molar-refractivity contribution in [2.75, 3.05) is 11.4 Å². The van der Waals surface area contributed by atoms with Crippen LogP contribution in [0.15, 0.2) is 71.2 Å². The van der Waals surface area contributed by atoms with Crippen LogP contribution < -0.4 is 10.2 Å². The van der Waals surface area contributed by atoms with Crippen LogP contribution in [0.5, 0.6) is 0 Å². The van der Waals surface area contributed by atoms with Gasteiger partial charge in [0.15, 0.2) is 0 Å². The lowest BCUT2D eigenvalue weighted by Crippen LogP contribution is -2.28. The van der Waals surface area contributed by atoms with Gasteiger partial charge in [0.25, 0.3) is 11.8 Å². The maximum atomic E-state index is 13.1. The Balaban J connectivity index is 1.44. The number of rotatable bonds is 4. The molecule has 0 atom stereocenters. The van der Waals surface area contributed by atoms with Gasteiger partial charge in [-0.3, -0.25) is 9.59 Å². The lowest BCUT2D eigenvalue weighted by atomic mass is 10.1. The van der Waals surface area contributed by atoms with E-state index in [1.807, 2.05) is 30.3 Å². The quantitative estimate of drug-likeness (QED) is 0.622. The van der Waals surface area contributed by atoms with Gasteiger partial charge < -0.3 is 10.2 Å². The molecule has 1 aliphatic rings. The number of benzene rings is 3. The predicted molar refractivity (Wildman–Crippen MR) is 114 cm³/mol. The zero-order valence-electron chi connectivity index (χ0n) is 15.5. The van der Waals surface area contributed by atoms with Crippen LogP contribution in [-0.2, 0) is 13.0 Å². The first-order valence-corrected chi connectivity index (χ1v) is 10.0. The van der Waals surface area contributed by atoms with Crippen molar-refractivity contribution >= 4 is 33.4 Å². The Bertz CT molecular complexity index is 1070. The van der Waals surface area contributed by atoms with Gasteiger partial charge in [0.05, 0.1) is 0 Å².